The van der Waals surface area contributed by atoms with Crippen LogP contribution in [0.1, 0.15) is 17.2 Å². The van der Waals surface area contributed by atoms with Crippen LogP contribution in [0.5, 0.6) is 5.75 Å². The van der Waals surface area contributed by atoms with Gasteiger partial charge in [0.1, 0.15) is 17.9 Å². The quantitative estimate of drug-likeness (QED) is 0.541. The maximum absolute atomic E-state index is 9.58. The molecule has 0 amide bonds. The molecule has 2 atom stereocenters. The van der Waals surface area contributed by atoms with Crippen LogP contribution in [-0.2, 0) is 0 Å². The Morgan fingerprint density at radius 2 is 2.07 bits per heavy atom. The fourth-order valence-electron chi connectivity index (χ4n) is 1.18. The second-order valence-electron chi connectivity index (χ2n) is 3.14. The van der Waals surface area contributed by atoms with E-state index >= 15 is 0 Å². The molecule has 0 saturated heterocycles. The number of aromatic hydroxyl groups is 1. The predicted molar refractivity (Wildman–Crippen MR) is 52.8 cm³/mol. The van der Waals surface area contributed by atoms with Crippen molar-refractivity contribution in [2.75, 3.05) is 6.54 Å². The van der Waals surface area contributed by atoms with Crippen LogP contribution >= 0.6 is 0 Å². The molecule has 0 aromatic heterocycles. The van der Waals surface area contributed by atoms with E-state index in [1.807, 2.05) is 0 Å². The van der Waals surface area contributed by atoms with Crippen molar-refractivity contribution in [3.63, 3.8) is 0 Å². The van der Waals surface area contributed by atoms with Crippen molar-refractivity contribution in [3.8, 4) is 11.8 Å². The maximum atomic E-state index is 9.58. The van der Waals surface area contributed by atoms with E-state index in [4.69, 9.17) is 11.0 Å². The molecular weight excluding hydrogens is 196 g/mol. The van der Waals surface area contributed by atoms with Crippen molar-refractivity contribution in [2.24, 2.45) is 5.73 Å². The number of benzene rings is 1. The van der Waals surface area contributed by atoms with Crippen molar-refractivity contribution >= 4 is 0 Å². The molecule has 0 fully saturated rings. The largest absolute Gasteiger partial charge is 0.507 e. The molecule has 5 nitrogen and oxygen atoms in total. The van der Waals surface area contributed by atoms with Crippen molar-refractivity contribution < 1.29 is 15.3 Å². The number of phenols is 1. The third-order valence-corrected chi connectivity index (χ3v) is 2.09. The minimum absolute atomic E-state index is 0.0516. The van der Waals surface area contributed by atoms with Gasteiger partial charge in [0.25, 0.3) is 0 Å². The summed E-state index contributed by atoms with van der Waals surface area (Å²) >= 11 is 0. The van der Waals surface area contributed by atoms with E-state index < -0.39 is 12.2 Å². The van der Waals surface area contributed by atoms with Gasteiger partial charge in [0.05, 0.1) is 11.7 Å². The molecule has 15 heavy (non-hydrogen) atoms. The maximum Gasteiger partial charge on any atom is 0.133 e. The first-order valence-electron chi connectivity index (χ1n) is 4.39. The Kier molecular flexibility index (Phi) is 3.63. The van der Waals surface area contributed by atoms with Gasteiger partial charge in [-0.05, 0) is 17.7 Å². The number of hydrogen-bond acceptors (Lipinski definition) is 5. The summed E-state index contributed by atoms with van der Waals surface area (Å²) in [6.07, 6.45) is -2.23. The summed E-state index contributed by atoms with van der Waals surface area (Å²) in [6, 6.07) is 5.81. The molecule has 1 rings (SSSR count). The van der Waals surface area contributed by atoms with Crippen LogP contribution in [0.25, 0.3) is 0 Å². The highest BCUT2D eigenvalue weighted by molar-refractivity contribution is 5.45. The van der Waals surface area contributed by atoms with Crippen LogP contribution in [0.2, 0.25) is 0 Å². The molecule has 1 aromatic carbocycles. The molecule has 0 saturated carbocycles. The number of nitrogens with two attached hydrogens (primary N) is 1. The lowest BCUT2D eigenvalue weighted by molar-refractivity contribution is 0.0243. The molecular formula is C10H12N2O3. The van der Waals surface area contributed by atoms with Crippen molar-refractivity contribution in [2.45, 2.75) is 12.2 Å². The van der Waals surface area contributed by atoms with Crippen LogP contribution in [0.4, 0.5) is 0 Å². The fourth-order valence-corrected chi connectivity index (χ4v) is 1.18. The SMILES string of the molecule is N#Cc1cc(C(O)C(O)CN)ccc1O. The van der Waals surface area contributed by atoms with Gasteiger partial charge in [-0.2, -0.15) is 5.26 Å². The second-order valence-corrected chi connectivity index (χ2v) is 3.14. The smallest absolute Gasteiger partial charge is 0.133 e. The Bertz CT molecular complexity index is 387. The monoisotopic (exact) mass is 208 g/mol. The average molecular weight is 208 g/mol. The molecule has 0 spiro atoms. The van der Waals surface area contributed by atoms with Gasteiger partial charge in [-0.15, -0.1) is 0 Å². The van der Waals surface area contributed by atoms with Gasteiger partial charge < -0.3 is 21.1 Å². The third-order valence-electron chi connectivity index (χ3n) is 2.09. The molecule has 80 valence electrons. The second kappa shape index (κ2) is 4.75. The van der Waals surface area contributed by atoms with Gasteiger partial charge in [-0.1, -0.05) is 6.07 Å². The molecule has 0 aliphatic rings. The number of hydrogen-bond donors (Lipinski definition) is 4. The van der Waals surface area contributed by atoms with Crippen molar-refractivity contribution in [3.05, 3.63) is 29.3 Å². The van der Waals surface area contributed by atoms with Crippen molar-refractivity contribution in [1.82, 2.24) is 0 Å². The van der Waals surface area contributed by atoms with E-state index in [1.165, 1.54) is 18.2 Å². The van der Waals surface area contributed by atoms with E-state index in [2.05, 4.69) is 0 Å². The Morgan fingerprint density at radius 3 is 2.60 bits per heavy atom. The standard InChI is InChI=1S/C10H12N2O3/c11-4-7-3-6(1-2-8(7)13)10(15)9(14)5-12/h1-3,9-10,13-15H,5,12H2. The lowest BCUT2D eigenvalue weighted by Gasteiger charge is -2.16. The van der Waals surface area contributed by atoms with Crippen LogP contribution in [0.15, 0.2) is 18.2 Å². The number of nitriles is 1. The molecule has 2 unspecified atom stereocenters. The van der Waals surface area contributed by atoms with Gasteiger partial charge >= 0.3 is 0 Å². The molecule has 0 aliphatic carbocycles. The van der Waals surface area contributed by atoms with E-state index in [0.717, 1.165) is 0 Å². The normalized spacial score (nSPS) is 14.3. The highest BCUT2D eigenvalue weighted by atomic mass is 16.3. The summed E-state index contributed by atoms with van der Waals surface area (Å²) in [5.74, 6) is -0.157. The molecule has 0 aliphatic heterocycles. The van der Waals surface area contributed by atoms with Crippen LogP contribution in [0.3, 0.4) is 0 Å². The zero-order valence-corrected chi connectivity index (χ0v) is 7.96. The number of aliphatic hydroxyl groups is 2. The lowest BCUT2D eigenvalue weighted by atomic mass is 10.0. The number of aliphatic hydroxyl groups excluding tert-OH is 2. The Hall–Kier alpha value is -1.61. The first-order chi connectivity index (χ1) is 7.10. The topological polar surface area (TPSA) is 110 Å². The summed E-state index contributed by atoms with van der Waals surface area (Å²) in [4.78, 5) is 0. The first-order valence-corrected chi connectivity index (χ1v) is 4.39. The van der Waals surface area contributed by atoms with Crippen LogP contribution in [-0.4, -0.2) is 28.0 Å². The molecule has 0 bridgehead atoms. The van der Waals surface area contributed by atoms with Gasteiger partial charge in [-0.3, -0.25) is 0 Å². The van der Waals surface area contributed by atoms with E-state index in [0.29, 0.717) is 5.56 Å². The first kappa shape index (κ1) is 11.5. The summed E-state index contributed by atoms with van der Waals surface area (Å²) in [5, 5.41) is 36.7. The molecule has 0 heterocycles. The van der Waals surface area contributed by atoms with Crippen molar-refractivity contribution in [1.29, 1.82) is 5.26 Å². The summed E-state index contributed by atoms with van der Waals surface area (Å²) in [5.41, 5.74) is 5.59. The van der Waals surface area contributed by atoms with Crippen LogP contribution in [0, 0.1) is 11.3 Å². The van der Waals surface area contributed by atoms with Gasteiger partial charge in [-0.25, -0.2) is 0 Å². The summed E-state index contributed by atoms with van der Waals surface area (Å²) in [6.45, 7) is -0.0794. The number of rotatable bonds is 3. The highest BCUT2D eigenvalue weighted by Crippen LogP contribution is 2.23. The van der Waals surface area contributed by atoms with E-state index in [9.17, 15) is 15.3 Å². The average Bonchev–Trinajstić information content (AvgIpc) is 2.27. The van der Waals surface area contributed by atoms with Gasteiger partial charge in [0.2, 0.25) is 0 Å². The molecule has 5 heteroatoms. The number of nitrogens with zero attached hydrogens (tertiary/aromatic N) is 1. The Morgan fingerprint density at radius 1 is 1.40 bits per heavy atom. The third kappa shape index (κ3) is 2.44. The molecule has 1 aromatic rings. The van der Waals surface area contributed by atoms with Crippen LogP contribution < -0.4 is 5.73 Å². The van der Waals surface area contributed by atoms with E-state index in [-0.39, 0.29) is 17.9 Å². The predicted octanol–water partition coefficient (Wildman–Crippen LogP) is -0.383. The summed E-state index contributed by atoms with van der Waals surface area (Å²) in [7, 11) is 0. The zero-order chi connectivity index (χ0) is 11.4. The minimum Gasteiger partial charge on any atom is -0.507 e. The Labute approximate surface area is 87.0 Å². The number of phenolic OH excluding ortho intramolecular Hbond substituents is 1. The minimum atomic E-state index is -1.15. The Balaban J connectivity index is 3.02. The van der Waals surface area contributed by atoms with Gasteiger partial charge in [0.15, 0.2) is 0 Å². The zero-order valence-electron chi connectivity index (χ0n) is 7.96. The molecule has 0 radical (unpaired) electrons. The fraction of sp³-hybridized carbons (Fsp3) is 0.300. The highest BCUT2D eigenvalue weighted by Gasteiger charge is 2.17. The lowest BCUT2D eigenvalue weighted by Crippen LogP contribution is -2.27. The summed E-state index contributed by atoms with van der Waals surface area (Å²) < 4.78 is 0. The van der Waals surface area contributed by atoms with Gasteiger partial charge in [0, 0.05) is 6.54 Å². The van der Waals surface area contributed by atoms with E-state index in [1.54, 1.807) is 6.07 Å². The molecule has 5 N–H and O–H groups in total.